The normalized spacial score (nSPS) is 14.4. The summed E-state index contributed by atoms with van der Waals surface area (Å²) < 4.78 is 19.1. The summed E-state index contributed by atoms with van der Waals surface area (Å²) in [5.41, 5.74) is 8.64. The summed E-state index contributed by atoms with van der Waals surface area (Å²) in [6.45, 7) is 3.25. The molecule has 1 aliphatic rings. The van der Waals surface area contributed by atoms with E-state index in [1.165, 1.54) is 5.56 Å². The highest BCUT2D eigenvalue weighted by molar-refractivity contribution is 9.10. The minimum Gasteiger partial charge on any atom is -0.494 e. The summed E-state index contributed by atoms with van der Waals surface area (Å²) in [6, 6.07) is 24.6. The van der Waals surface area contributed by atoms with E-state index in [0.29, 0.717) is 54.1 Å². The first-order valence-corrected chi connectivity index (χ1v) is 19.6. The number of pyridine rings is 1. The largest absolute Gasteiger partial charge is 0.494 e. The zero-order chi connectivity index (χ0) is 40.0. The molecular weight excluding hydrogens is 782 g/mol. The van der Waals surface area contributed by atoms with E-state index in [0.717, 1.165) is 58.4 Å². The highest BCUT2D eigenvalue weighted by Gasteiger charge is 2.29. The molecule has 0 spiro atoms. The summed E-state index contributed by atoms with van der Waals surface area (Å²) in [6.07, 6.45) is 1.55. The fraction of sp³-hybridized carbons (Fsp3) is 0.395. The predicted molar refractivity (Wildman–Crippen MR) is 214 cm³/mol. The van der Waals surface area contributed by atoms with E-state index >= 15 is 0 Å². The van der Waals surface area contributed by atoms with E-state index < -0.39 is 24.1 Å². The van der Waals surface area contributed by atoms with Crippen molar-refractivity contribution in [2.24, 2.45) is 0 Å². The van der Waals surface area contributed by atoms with Crippen molar-refractivity contribution >= 4 is 27.9 Å². The van der Waals surface area contributed by atoms with Crippen molar-refractivity contribution in [2.45, 2.75) is 89.6 Å². The van der Waals surface area contributed by atoms with E-state index in [1.54, 1.807) is 0 Å². The summed E-state index contributed by atoms with van der Waals surface area (Å²) in [5.74, 6) is -0.616. The number of fused-ring (bicyclic) bond motifs is 1. The third kappa shape index (κ3) is 11.8. The fourth-order valence-corrected chi connectivity index (χ4v) is 7.33. The molecule has 0 amide bonds. The molecule has 5 rings (SSSR count). The second kappa shape index (κ2) is 20.8. The minimum absolute atomic E-state index is 0.0787. The van der Waals surface area contributed by atoms with Gasteiger partial charge in [-0.2, -0.15) is 10.2 Å². The van der Waals surface area contributed by atoms with Gasteiger partial charge in [0.15, 0.2) is 0 Å². The second-order valence-corrected chi connectivity index (χ2v) is 14.7. The van der Waals surface area contributed by atoms with Gasteiger partial charge in [-0.15, -0.1) is 0 Å². The maximum Gasteiger partial charge on any atom is 0.306 e. The molecule has 0 radical (unpaired) electrons. The first kappa shape index (κ1) is 42.1. The van der Waals surface area contributed by atoms with Gasteiger partial charge in [-0.05, 0) is 119 Å². The van der Waals surface area contributed by atoms with E-state index in [2.05, 4.69) is 70.6 Å². The van der Waals surface area contributed by atoms with Gasteiger partial charge in [-0.3, -0.25) is 9.59 Å². The molecule has 0 unspecified atom stereocenters. The summed E-state index contributed by atoms with van der Waals surface area (Å²) in [4.78, 5) is 26.4. The number of aromatic nitrogens is 1. The SMILES string of the molecule is Cc1c(-c2ccc(OCCCC[C@@H](O)CC(=O)O)cc2)cccc1-c1cccc2c1CC[C@@H]2Oc1nc(OCCCC#N)c(CNC[C@@H](O)CC(=O)O)cc1Br. The number of nitriles is 1. The number of hydrogen-bond acceptors (Lipinski definition) is 10. The first-order chi connectivity index (χ1) is 27.0. The van der Waals surface area contributed by atoms with Crippen molar-refractivity contribution in [1.82, 2.24) is 10.3 Å². The maximum absolute atomic E-state index is 10.9. The van der Waals surface area contributed by atoms with E-state index in [-0.39, 0.29) is 38.6 Å². The lowest BCUT2D eigenvalue weighted by Crippen LogP contribution is -2.28. The molecule has 5 N–H and O–H groups in total. The molecule has 296 valence electrons. The van der Waals surface area contributed by atoms with Gasteiger partial charge in [0.25, 0.3) is 0 Å². The molecule has 1 aromatic heterocycles. The standard InChI is InChI=1S/C43H48BrN3O9/c1-27-33(28-13-15-32(16-14-28)54-20-4-2-8-30(48)23-40(50)51)9-6-10-34(27)35-11-7-12-37-36(35)17-18-39(37)56-43-38(44)22-29(25-46-26-31(49)24-41(52)53)42(47-43)55-21-5-3-19-45/h6-7,9-16,22,30-31,39,46,48-49H,2-5,8,17-18,20-21,23-26H2,1H3,(H,50,51)(H,52,53)/t30-,31+,39+/m1/s1. The quantitative estimate of drug-likeness (QED) is 0.0490. The Morgan fingerprint density at radius 1 is 0.911 bits per heavy atom. The van der Waals surface area contributed by atoms with Crippen LogP contribution in [-0.2, 0) is 22.6 Å². The third-order valence-electron chi connectivity index (χ3n) is 9.63. The van der Waals surface area contributed by atoms with Crippen LogP contribution in [0.25, 0.3) is 22.3 Å². The molecule has 0 saturated heterocycles. The van der Waals surface area contributed by atoms with Gasteiger partial charge in [0.1, 0.15) is 11.9 Å². The van der Waals surface area contributed by atoms with Crippen LogP contribution in [0, 0.1) is 18.3 Å². The molecule has 0 fully saturated rings. The van der Waals surface area contributed by atoms with Crippen molar-refractivity contribution in [3.8, 4) is 45.8 Å². The predicted octanol–water partition coefficient (Wildman–Crippen LogP) is 7.55. The number of aliphatic hydroxyl groups is 2. The topological polar surface area (TPSA) is 191 Å². The summed E-state index contributed by atoms with van der Waals surface area (Å²) in [7, 11) is 0. The van der Waals surface area contributed by atoms with Crippen LogP contribution in [0.4, 0.5) is 0 Å². The van der Waals surface area contributed by atoms with Crippen LogP contribution in [-0.4, -0.2) is 69.3 Å². The molecule has 3 aromatic carbocycles. The van der Waals surface area contributed by atoms with Crippen molar-refractivity contribution in [2.75, 3.05) is 19.8 Å². The lowest BCUT2D eigenvalue weighted by Gasteiger charge is -2.19. The summed E-state index contributed by atoms with van der Waals surface area (Å²) >= 11 is 3.63. The first-order valence-electron chi connectivity index (χ1n) is 18.8. The Labute approximate surface area is 335 Å². The number of aliphatic carboxylic acids is 2. The Balaban J connectivity index is 1.28. The average molecular weight is 831 g/mol. The molecule has 12 nitrogen and oxygen atoms in total. The number of hydrogen-bond donors (Lipinski definition) is 5. The van der Waals surface area contributed by atoms with Gasteiger partial charge in [0, 0.05) is 25.1 Å². The number of nitrogens with one attached hydrogen (secondary N) is 1. The Morgan fingerprint density at radius 2 is 1.61 bits per heavy atom. The zero-order valence-corrected chi connectivity index (χ0v) is 33.0. The molecule has 4 aromatic rings. The summed E-state index contributed by atoms with van der Waals surface area (Å²) in [5, 5.41) is 49.5. The maximum atomic E-state index is 10.9. The second-order valence-electron chi connectivity index (χ2n) is 13.8. The Bertz CT molecular complexity index is 2000. The van der Waals surface area contributed by atoms with Crippen LogP contribution in [0.15, 0.2) is 71.2 Å². The fourth-order valence-electron chi connectivity index (χ4n) is 6.87. The lowest BCUT2D eigenvalue weighted by molar-refractivity contribution is -0.140. The van der Waals surface area contributed by atoms with Crippen molar-refractivity contribution < 1.29 is 44.2 Å². The van der Waals surface area contributed by atoms with E-state index in [1.807, 2.05) is 30.3 Å². The number of carbonyl (C=O) groups is 2. The van der Waals surface area contributed by atoms with Gasteiger partial charge in [-0.1, -0.05) is 48.5 Å². The number of benzene rings is 3. The van der Waals surface area contributed by atoms with Gasteiger partial charge < -0.3 is 40.0 Å². The van der Waals surface area contributed by atoms with Crippen LogP contribution < -0.4 is 19.5 Å². The van der Waals surface area contributed by atoms with E-state index in [9.17, 15) is 19.8 Å². The van der Waals surface area contributed by atoms with Crippen LogP contribution in [0.3, 0.4) is 0 Å². The number of carboxylic acid groups (broad SMARTS) is 2. The van der Waals surface area contributed by atoms with Crippen molar-refractivity contribution in [3.63, 3.8) is 0 Å². The highest BCUT2D eigenvalue weighted by Crippen LogP contribution is 2.43. The molecule has 0 bridgehead atoms. The highest BCUT2D eigenvalue weighted by atomic mass is 79.9. The number of rotatable bonds is 22. The molecule has 1 heterocycles. The molecule has 0 aliphatic heterocycles. The van der Waals surface area contributed by atoms with Gasteiger partial charge in [0.05, 0.1) is 48.8 Å². The van der Waals surface area contributed by atoms with Crippen molar-refractivity contribution in [3.05, 3.63) is 93.5 Å². The molecule has 56 heavy (non-hydrogen) atoms. The van der Waals surface area contributed by atoms with Gasteiger partial charge in [-0.25, -0.2) is 0 Å². The Hall–Kier alpha value is -5.00. The number of ether oxygens (including phenoxy) is 3. The monoisotopic (exact) mass is 829 g/mol. The number of carboxylic acids is 2. The zero-order valence-electron chi connectivity index (χ0n) is 31.4. The smallest absolute Gasteiger partial charge is 0.306 e. The average Bonchev–Trinajstić information content (AvgIpc) is 3.57. The third-order valence-corrected chi connectivity index (χ3v) is 10.2. The van der Waals surface area contributed by atoms with E-state index in [4.69, 9.17) is 34.7 Å². The number of unbranched alkanes of at least 4 members (excludes halogenated alkanes) is 2. The van der Waals surface area contributed by atoms with Crippen LogP contribution in [0.1, 0.15) is 79.7 Å². The Morgan fingerprint density at radius 3 is 2.36 bits per heavy atom. The molecule has 0 saturated carbocycles. The number of aliphatic hydroxyl groups excluding tert-OH is 2. The van der Waals surface area contributed by atoms with Crippen LogP contribution in [0.2, 0.25) is 0 Å². The van der Waals surface area contributed by atoms with Gasteiger partial charge >= 0.3 is 11.9 Å². The van der Waals surface area contributed by atoms with Crippen LogP contribution in [0.5, 0.6) is 17.5 Å². The Kier molecular flexibility index (Phi) is 15.6. The van der Waals surface area contributed by atoms with Gasteiger partial charge in [0.2, 0.25) is 11.8 Å². The number of halogens is 1. The minimum atomic E-state index is -1.08. The molecule has 3 atom stereocenters. The molecule has 13 heteroatoms. The molecule has 1 aliphatic carbocycles. The van der Waals surface area contributed by atoms with Crippen LogP contribution >= 0.6 is 15.9 Å². The lowest BCUT2D eigenvalue weighted by atomic mass is 9.89. The number of nitrogens with zero attached hydrogens (tertiary/aromatic N) is 2. The molecular formula is C43H48BrN3O9. The van der Waals surface area contributed by atoms with Crippen molar-refractivity contribution in [1.29, 1.82) is 5.26 Å².